The number of nitrogens with zero attached hydrogens (tertiary/aromatic N) is 1. The van der Waals surface area contributed by atoms with E-state index in [0.717, 1.165) is 29.5 Å². The van der Waals surface area contributed by atoms with Crippen LogP contribution in [0.2, 0.25) is 0 Å². The largest absolute Gasteiger partial charge is 0.451 e. The fraction of sp³-hybridized carbons (Fsp3) is 0.500. The van der Waals surface area contributed by atoms with Gasteiger partial charge in [0.2, 0.25) is 0 Å². The lowest BCUT2D eigenvalue weighted by Crippen LogP contribution is -2.50. The summed E-state index contributed by atoms with van der Waals surface area (Å²) in [5.74, 6) is 0.211. The Morgan fingerprint density at radius 1 is 1.12 bits per heavy atom. The van der Waals surface area contributed by atoms with Crippen LogP contribution >= 0.6 is 11.3 Å². The van der Waals surface area contributed by atoms with E-state index >= 15 is 0 Å². The van der Waals surface area contributed by atoms with Crippen molar-refractivity contribution in [2.45, 2.75) is 44.6 Å². The highest BCUT2D eigenvalue weighted by Gasteiger charge is 2.35. The smallest absolute Gasteiger partial charge is 0.348 e. The number of ether oxygens (including phenoxy) is 1. The fourth-order valence-corrected chi connectivity index (χ4v) is 5.25. The Balaban J connectivity index is 1.38. The van der Waals surface area contributed by atoms with E-state index in [1.54, 1.807) is 0 Å². The van der Waals surface area contributed by atoms with Crippen molar-refractivity contribution in [3.8, 4) is 0 Å². The third kappa shape index (κ3) is 3.43. The number of benzene rings is 1. The lowest BCUT2D eigenvalue weighted by atomic mass is 9.78. The quantitative estimate of drug-likeness (QED) is 0.772. The predicted molar refractivity (Wildman–Crippen MR) is 98.8 cm³/mol. The van der Waals surface area contributed by atoms with Crippen LogP contribution in [0.3, 0.4) is 0 Å². The SMILES string of the molecule is O=C(OCC(=O)N1CCC[C@H]2CCCC[C@@H]21)c1cc2ccccc2s1. The molecule has 0 radical (unpaired) electrons. The number of rotatable bonds is 3. The van der Waals surface area contributed by atoms with Gasteiger partial charge in [-0.1, -0.05) is 31.0 Å². The van der Waals surface area contributed by atoms with Gasteiger partial charge in [-0.05, 0) is 49.1 Å². The zero-order valence-electron chi connectivity index (χ0n) is 14.3. The molecule has 2 aliphatic rings. The monoisotopic (exact) mass is 357 g/mol. The average Bonchev–Trinajstić information content (AvgIpc) is 3.09. The van der Waals surface area contributed by atoms with Crippen molar-refractivity contribution < 1.29 is 14.3 Å². The minimum Gasteiger partial charge on any atom is -0.451 e. The number of likely N-dealkylation sites (tertiary alicyclic amines) is 1. The molecular weight excluding hydrogens is 334 g/mol. The van der Waals surface area contributed by atoms with Gasteiger partial charge in [0.1, 0.15) is 4.88 Å². The summed E-state index contributed by atoms with van der Waals surface area (Å²) in [6.45, 7) is 0.663. The zero-order valence-corrected chi connectivity index (χ0v) is 15.1. The van der Waals surface area contributed by atoms with Crippen LogP contribution in [0.25, 0.3) is 10.1 Å². The van der Waals surface area contributed by atoms with Crippen molar-refractivity contribution in [3.63, 3.8) is 0 Å². The molecule has 4 rings (SSSR count). The van der Waals surface area contributed by atoms with Gasteiger partial charge in [-0.15, -0.1) is 11.3 Å². The van der Waals surface area contributed by atoms with Crippen molar-refractivity contribution in [3.05, 3.63) is 35.2 Å². The standard InChI is InChI=1S/C20H23NO3S/c22-19(21-11-5-8-14-6-1-3-9-16(14)21)13-24-20(23)18-12-15-7-2-4-10-17(15)25-18/h2,4,7,10,12,14,16H,1,3,5-6,8-9,11,13H2/t14-,16+/m1/s1. The van der Waals surface area contributed by atoms with Crippen molar-refractivity contribution >= 4 is 33.3 Å². The number of amides is 1. The molecule has 5 heteroatoms. The summed E-state index contributed by atoms with van der Waals surface area (Å²) in [5, 5.41) is 1.03. The van der Waals surface area contributed by atoms with E-state index in [1.807, 2.05) is 35.2 Å². The summed E-state index contributed by atoms with van der Waals surface area (Å²) in [7, 11) is 0. The van der Waals surface area contributed by atoms with E-state index in [9.17, 15) is 9.59 Å². The van der Waals surface area contributed by atoms with Crippen LogP contribution in [0, 0.1) is 5.92 Å². The van der Waals surface area contributed by atoms with Gasteiger partial charge < -0.3 is 9.64 Å². The van der Waals surface area contributed by atoms with Crippen molar-refractivity contribution in [1.29, 1.82) is 0 Å². The molecule has 25 heavy (non-hydrogen) atoms. The summed E-state index contributed by atoms with van der Waals surface area (Å²) >= 11 is 1.41. The molecule has 2 heterocycles. The summed E-state index contributed by atoms with van der Waals surface area (Å²) in [6.07, 6.45) is 7.11. The highest BCUT2D eigenvalue weighted by atomic mass is 32.1. The van der Waals surface area contributed by atoms with E-state index in [1.165, 1.54) is 37.0 Å². The van der Waals surface area contributed by atoms with Crippen molar-refractivity contribution in [1.82, 2.24) is 4.90 Å². The molecule has 0 spiro atoms. The Kier molecular flexibility index (Phi) is 4.75. The molecule has 4 nitrogen and oxygen atoms in total. The molecule has 1 saturated carbocycles. The molecule has 2 atom stereocenters. The van der Waals surface area contributed by atoms with Gasteiger partial charge in [-0.25, -0.2) is 4.79 Å². The van der Waals surface area contributed by atoms with Crippen LogP contribution in [0.15, 0.2) is 30.3 Å². The topological polar surface area (TPSA) is 46.6 Å². The van der Waals surface area contributed by atoms with Crippen LogP contribution in [0.4, 0.5) is 0 Å². The third-order valence-electron chi connectivity index (χ3n) is 5.52. The third-order valence-corrected chi connectivity index (χ3v) is 6.61. The maximum atomic E-state index is 12.6. The van der Waals surface area contributed by atoms with Crippen LogP contribution in [-0.2, 0) is 9.53 Å². The Hall–Kier alpha value is -1.88. The zero-order chi connectivity index (χ0) is 17.2. The lowest BCUT2D eigenvalue weighted by molar-refractivity contribution is -0.140. The van der Waals surface area contributed by atoms with E-state index in [2.05, 4.69) is 0 Å². The first-order valence-electron chi connectivity index (χ1n) is 9.17. The number of hydrogen-bond donors (Lipinski definition) is 0. The Labute approximate surface area is 151 Å². The molecule has 1 amide bonds. The maximum Gasteiger partial charge on any atom is 0.348 e. The van der Waals surface area contributed by atoms with Gasteiger partial charge in [-0.3, -0.25) is 4.79 Å². The van der Waals surface area contributed by atoms with Gasteiger partial charge in [0.05, 0.1) is 0 Å². The molecule has 2 aromatic rings. The number of thiophene rings is 1. The summed E-state index contributed by atoms with van der Waals surface area (Å²) in [4.78, 5) is 27.5. The number of esters is 1. The molecule has 0 bridgehead atoms. The van der Waals surface area contributed by atoms with Crippen LogP contribution in [0.1, 0.15) is 48.2 Å². The van der Waals surface area contributed by atoms with Gasteiger partial charge in [-0.2, -0.15) is 0 Å². The minimum atomic E-state index is -0.397. The highest BCUT2D eigenvalue weighted by molar-refractivity contribution is 7.20. The first kappa shape index (κ1) is 16.6. The van der Waals surface area contributed by atoms with E-state index < -0.39 is 5.97 Å². The fourth-order valence-electron chi connectivity index (χ4n) is 4.30. The number of piperidine rings is 1. The Bertz CT molecular complexity index is 749. The normalized spacial score (nSPS) is 23.3. The second-order valence-corrected chi connectivity index (χ2v) is 8.15. The second-order valence-electron chi connectivity index (χ2n) is 7.07. The van der Waals surface area contributed by atoms with E-state index in [0.29, 0.717) is 16.8 Å². The molecule has 0 unspecified atom stereocenters. The van der Waals surface area contributed by atoms with Crippen molar-refractivity contribution in [2.24, 2.45) is 5.92 Å². The molecule has 1 aliphatic heterocycles. The number of fused-ring (bicyclic) bond motifs is 2. The minimum absolute atomic E-state index is 0.0361. The number of carbonyl (C=O) groups excluding carboxylic acids is 2. The van der Waals surface area contributed by atoms with Crippen molar-refractivity contribution in [2.75, 3.05) is 13.2 Å². The first-order chi connectivity index (χ1) is 12.2. The summed E-state index contributed by atoms with van der Waals surface area (Å²) < 4.78 is 6.39. The van der Waals surface area contributed by atoms with Crippen LogP contribution < -0.4 is 0 Å². The highest BCUT2D eigenvalue weighted by Crippen LogP contribution is 2.35. The van der Waals surface area contributed by atoms with Crippen LogP contribution in [0.5, 0.6) is 0 Å². The molecular formula is C20H23NO3S. The number of hydrogen-bond acceptors (Lipinski definition) is 4. The Morgan fingerprint density at radius 3 is 2.80 bits per heavy atom. The van der Waals surface area contributed by atoms with Gasteiger partial charge in [0.25, 0.3) is 5.91 Å². The second kappa shape index (κ2) is 7.16. The first-order valence-corrected chi connectivity index (χ1v) is 9.99. The maximum absolute atomic E-state index is 12.6. The summed E-state index contributed by atoms with van der Waals surface area (Å²) in [6, 6.07) is 10.1. The molecule has 1 saturated heterocycles. The molecule has 1 aromatic carbocycles. The molecule has 2 fully saturated rings. The van der Waals surface area contributed by atoms with Gasteiger partial charge >= 0.3 is 5.97 Å². The lowest BCUT2D eigenvalue weighted by Gasteiger charge is -2.44. The molecule has 0 N–H and O–H groups in total. The Morgan fingerprint density at radius 2 is 1.92 bits per heavy atom. The van der Waals surface area contributed by atoms with E-state index in [-0.39, 0.29) is 12.5 Å². The van der Waals surface area contributed by atoms with Gasteiger partial charge in [0.15, 0.2) is 6.61 Å². The van der Waals surface area contributed by atoms with Crippen LogP contribution in [-0.4, -0.2) is 36.0 Å². The molecule has 1 aliphatic carbocycles. The van der Waals surface area contributed by atoms with Gasteiger partial charge in [0, 0.05) is 17.3 Å². The summed E-state index contributed by atoms with van der Waals surface area (Å²) in [5.41, 5.74) is 0. The van der Waals surface area contributed by atoms with E-state index in [4.69, 9.17) is 4.74 Å². The number of carbonyl (C=O) groups is 2. The predicted octanol–water partition coefficient (Wildman–Crippen LogP) is 4.24. The average molecular weight is 357 g/mol. The molecule has 1 aromatic heterocycles. The molecule has 132 valence electrons.